The van der Waals surface area contributed by atoms with Crippen molar-refractivity contribution in [3.8, 4) is 5.75 Å². The van der Waals surface area contributed by atoms with E-state index < -0.39 is 10.8 Å². The molecular weight excluding hydrogens is 480 g/mol. The Morgan fingerprint density at radius 2 is 1.50 bits per heavy atom. The monoisotopic (exact) mass is 522 g/mol. The molecule has 0 aliphatic carbocycles. The predicted octanol–water partition coefficient (Wildman–Crippen LogP) is 4.81. The molecule has 2 aliphatic rings. The van der Waals surface area contributed by atoms with Gasteiger partial charge in [0.25, 0.3) is 0 Å². The molecule has 0 radical (unpaired) electrons. The molecule has 2 aromatic carbocycles. The summed E-state index contributed by atoms with van der Waals surface area (Å²) in [6.07, 6.45) is 0.216. The van der Waals surface area contributed by atoms with E-state index in [-0.39, 0.29) is 24.0 Å². The highest BCUT2D eigenvalue weighted by Crippen LogP contribution is 2.33. The molecule has 2 unspecified atom stereocenters. The number of hydrogen-bond donors (Lipinski definition) is 0. The molecular formula is C31H42N2O5. The average Bonchev–Trinajstić information content (AvgIpc) is 2.91. The van der Waals surface area contributed by atoms with Crippen LogP contribution in [-0.4, -0.2) is 68.1 Å². The number of amides is 2. The van der Waals surface area contributed by atoms with Gasteiger partial charge < -0.3 is 24.0 Å². The van der Waals surface area contributed by atoms with Crippen molar-refractivity contribution >= 4 is 11.8 Å². The van der Waals surface area contributed by atoms with E-state index in [4.69, 9.17) is 14.2 Å². The number of benzene rings is 2. The SMILES string of the molecule is COc1ccccc1C1CN(C(=O)C(C)(C)Cc2cccc(C3CN(C(=O)C(C)(C)C)CCO3)c2)CCO1. The van der Waals surface area contributed by atoms with Gasteiger partial charge in [0.15, 0.2) is 0 Å². The Morgan fingerprint density at radius 1 is 0.868 bits per heavy atom. The maximum absolute atomic E-state index is 13.7. The lowest BCUT2D eigenvalue weighted by atomic mass is 9.83. The number of methoxy groups -OCH3 is 1. The van der Waals surface area contributed by atoms with Crippen LogP contribution in [0, 0.1) is 10.8 Å². The molecule has 2 amide bonds. The van der Waals surface area contributed by atoms with Gasteiger partial charge in [-0.15, -0.1) is 0 Å². The van der Waals surface area contributed by atoms with Gasteiger partial charge in [0.1, 0.15) is 18.0 Å². The van der Waals surface area contributed by atoms with Gasteiger partial charge in [-0.2, -0.15) is 0 Å². The molecule has 0 bridgehead atoms. The van der Waals surface area contributed by atoms with Gasteiger partial charge >= 0.3 is 0 Å². The van der Waals surface area contributed by atoms with E-state index in [0.29, 0.717) is 45.8 Å². The zero-order valence-electron chi connectivity index (χ0n) is 23.7. The third-order valence-electron chi connectivity index (χ3n) is 7.38. The van der Waals surface area contributed by atoms with Gasteiger partial charge in [-0.05, 0) is 23.6 Å². The lowest BCUT2D eigenvalue weighted by Crippen LogP contribution is -2.48. The van der Waals surface area contributed by atoms with Gasteiger partial charge in [0.2, 0.25) is 11.8 Å². The first-order valence-corrected chi connectivity index (χ1v) is 13.5. The Kier molecular flexibility index (Phi) is 8.48. The Balaban J connectivity index is 1.44. The fourth-order valence-electron chi connectivity index (χ4n) is 5.38. The van der Waals surface area contributed by atoms with E-state index in [9.17, 15) is 9.59 Å². The van der Waals surface area contributed by atoms with Crippen LogP contribution in [0.2, 0.25) is 0 Å². The highest BCUT2D eigenvalue weighted by atomic mass is 16.5. The van der Waals surface area contributed by atoms with Crippen LogP contribution in [0.25, 0.3) is 0 Å². The van der Waals surface area contributed by atoms with Crippen LogP contribution in [-0.2, 0) is 25.5 Å². The first-order valence-electron chi connectivity index (χ1n) is 13.5. The third-order valence-corrected chi connectivity index (χ3v) is 7.38. The maximum Gasteiger partial charge on any atom is 0.228 e. The van der Waals surface area contributed by atoms with Crippen LogP contribution in [0.15, 0.2) is 48.5 Å². The summed E-state index contributed by atoms with van der Waals surface area (Å²) < 4.78 is 17.6. The van der Waals surface area contributed by atoms with Crippen LogP contribution >= 0.6 is 0 Å². The Morgan fingerprint density at radius 3 is 2.18 bits per heavy atom. The predicted molar refractivity (Wildman–Crippen MR) is 147 cm³/mol. The number of nitrogens with zero attached hydrogens (tertiary/aromatic N) is 2. The van der Waals surface area contributed by atoms with Gasteiger partial charge in [0, 0.05) is 29.5 Å². The summed E-state index contributed by atoms with van der Waals surface area (Å²) in [7, 11) is 1.65. The topological polar surface area (TPSA) is 68.3 Å². The number of rotatable bonds is 6. The number of ether oxygens (including phenoxy) is 3. The summed E-state index contributed by atoms with van der Waals surface area (Å²) in [4.78, 5) is 30.4. The van der Waals surface area contributed by atoms with Crippen LogP contribution < -0.4 is 4.74 Å². The van der Waals surface area contributed by atoms with E-state index in [1.807, 2.05) is 80.8 Å². The van der Waals surface area contributed by atoms with Crippen molar-refractivity contribution in [3.05, 3.63) is 65.2 Å². The number of carbonyl (C=O) groups excluding carboxylic acids is 2. The molecule has 38 heavy (non-hydrogen) atoms. The minimum absolute atomic E-state index is 0.113. The number of morpholine rings is 2. The van der Waals surface area contributed by atoms with Gasteiger partial charge in [-0.25, -0.2) is 0 Å². The molecule has 2 heterocycles. The van der Waals surface area contributed by atoms with Gasteiger partial charge in [-0.1, -0.05) is 77.1 Å². The third kappa shape index (κ3) is 6.38. The molecule has 2 aliphatic heterocycles. The first kappa shape index (κ1) is 28.1. The summed E-state index contributed by atoms with van der Waals surface area (Å²) in [6.45, 7) is 13.1. The molecule has 0 spiro atoms. The highest BCUT2D eigenvalue weighted by molar-refractivity contribution is 5.82. The lowest BCUT2D eigenvalue weighted by Gasteiger charge is -2.38. The first-order chi connectivity index (χ1) is 18.0. The van der Waals surface area contributed by atoms with Gasteiger partial charge in [0.05, 0.1) is 33.4 Å². The van der Waals surface area contributed by atoms with E-state index >= 15 is 0 Å². The quantitative estimate of drug-likeness (QED) is 0.545. The second kappa shape index (κ2) is 11.5. The molecule has 7 nitrogen and oxygen atoms in total. The molecule has 2 fully saturated rings. The van der Waals surface area contributed by atoms with Crippen LogP contribution in [0.5, 0.6) is 5.75 Å². The number of carbonyl (C=O) groups is 2. The molecule has 206 valence electrons. The minimum atomic E-state index is -0.594. The average molecular weight is 523 g/mol. The highest BCUT2D eigenvalue weighted by Gasteiger charge is 2.36. The zero-order chi connectivity index (χ0) is 27.5. The molecule has 0 saturated carbocycles. The van der Waals surface area contributed by atoms with Gasteiger partial charge in [-0.3, -0.25) is 9.59 Å². The second-order valence-electron chi connectivity index (χ2n) is 12.0. The Hall–Kier alpha value is -2.90. The van der Waals surface area contributed by atoms with Crippen molar-refractivity contribution in [2.75, 3.05) is 46.5 Å². The fourth-order valence-corrected chi connectivity index (χ4v) is 5.38. The summed E-state index contributed by atoms with van der Waals surface area (Å²) in [6, 6.07) is 16.1. The molecule has 4 rings (SSSR count). The second-order valence-corrected chi connectivity index (χ2v) is 12.0. The summed E-state index contributed by atoms with van der Waals surface area (Å²) in [5, 5.41) is 0. The van der Waals surface area contributed by atoms with Crippen LogP contribution in [0.3, 0.4) is 0 Å². The molecule has 2 aromatic rings. The van der Waals surface area contributed by atoms with Crippen molar-refractivity contribution in [3.63, 3.8) is 0 Å². The van der Waals surface area contributed by atoms with Crippen molar-refractivity contribution in [1.82, 2.24) is 9.80 Å². The Labute approximate surface area is 227 Å². The Bertz CT molecular complexity index is 1140. The van der Waals surface area contributed by atoms with E-state index in [1.54, 1.807) is 7.11 Å². The van der Waals surface area contributed by atoms with E-state index in [1.165, 1.54) is 0 Å². The van der Waals surface area contributed by atoms with Crippen molar-refractivity contribution in [1.29, 1.82) is 0 Å². The molecule has 2 saturated heterocycles. The molecule has 7 heteroatoms. The summed E-state index contributed by atoms with van der Waals surface area (Å²) in [5.74, 6) is 1.03. The van der Waals surface area contributed by atoms with Crippen molar-refractivity contribution in [2.24, 2.45) is 10.8 Å². The smallest absolute Gasteiger partial charge is 0.228 e. The standard InChI is InChI=1S/C31H42N2O5/c1-30(2,3)28(34)32-14-16-37-26(20-32)23-11-9-10-22(18-23)19-31(4,5)29(35)33-15-17-38-27(21-33)24-12-7-8-13-25(24)36-6/h7-13,18,26-27H,14-17,19-21H2,1-6H3. The number of para-hydroxylation sites is 1. The van der Waals surface area contributed by atoms with Crippen molar-refractivity contribution in [2.45, 2.75) is 53.2 Å². The van der Waals surface area contributed by atoms with Crippen LogP contribution in [0.1, 0.15) is 63.5 Å². The molecule has 2 atom stereocenters. The number of hydrogen-bond acceptors (Lipinski definition) is 5. The molecule has 0 aromatic heterocycles. The minimum Gasteiger partial charge on any atom is -0.496 e. The largest absolute Gasteiger partial charge is 0.496 e. The van der Waals surface area contributed by atoms with Crippen molar-refractivity contribution < 1.29 is 23.8 Å². The lowest BCUT2D eigenvalue weighted by molar-refractivity contribution is -0.148. The van der Waals surface area contributed by atoms with E-state index in [0.717, 1.165) is 22.4 Å². The summed E-state index contributed by atoms with van der Waals surface area (Å²) >= 11 is 0. The zero-order valence-corrected chi connectivity index (χ0v) is 23.7. The van der Waals surface area contributed by atoms with E-state index in [2.05, 4.69) is 12.1 Å². The maximum atomic E-state index is 13.7. The fraction of sp³-hybridized carbons (Fsp3) is 0.548. The molecule has 0 N–H and O–H groups in total. The summed E-state index contributed by atoms with van der Waals surface area (Å²) in [5.41, 5.74) is 2.07. The van der Waals surface area contributed by atoms with Crippen LogP contribution in [0.4, 0.5) is 0 Å². The normalized spacial score (nSPS) is 20.8.